The van der Waals surface area contributed by atoms with Crippen LogP contribution in [0.15, 0.2) is 48.5 Å². The molecule has 2 aromatic carbocycles. The molecule has 0 unspecified atom stereocenters. The number of benzene rings is 2. The number of nitrogens with zero attached hydrogens (tertiary/aromatic N) is 1. The van der Waals surface area contributed by atoms with Gasteiger partial charge >= 0.3 is 0 Å². The molecule has 0 aliphatic carbocycles. The van der Waals surface area contributed by atoms with Gasteiger partial charge in [0.15, 0.2) is 0 Å². The number of anilines is 3. The van der Waals surface area contributed by atoms with Gasteiger partial charge in [-0.05, 0) is 50.2 Å². The van der Waals surface area contributed by atoms with Crippen LogP contribution >= 0.6 is 0 Å². The summed E-state index contributed by atoms with van der Waals surface area (Å²) in [7, 11) is 1.70. The van der Waals surface area contributed by atoms with E-state index in [0.717, 1.165) is 11.4 Å². The van der Waals surface area contributed by atoms with E-state index >= 15 is 0 Å². The second-order valence-corrected chi connectivity index (χ2v) is 6.19. The number of carbonyl (C=O) groups excluding carboxylic acids is 2. The summed E-state index contributed by atoms with van der Waals surface area (Å²) in [5, 5.41) is 5.92. The summed E-state index contributed by atoms with van der Waals surface area (Å²) >= 11 is 0. The fraction of sp³-hybridized carbons (Fsp3) is 0.300. The van der Waals surface area contributed by atoms with E-state index in [2.05, 4.69) is 10.6 Å². The first kappa shape index (κ1) is 19.3. The van der Waals surface area contributed by atoms with Gasteiger partial charge in [-0.15, -0.1) is 0 Å². The molecule has 0 aliphatic rings. The van der Waals surface area contributed by atoms with Crippen LogP contribution in [0.5, 0.6) is 5.75 Å². The highest BCUT2D eigenvalue weighted by atomic mass is 16.5. The minimum absolute atomic E-state index is 0.0479. The number of amides is 2. The van der Waals surface area contributed by atoms with Gasteiger partial charge in [0, 0.05) is 25.3 Å². The standard InChI is InChI=1S/C20H25N3O3/c1-14(2)26-19-8-6-5-7-18(19)21-13-20(25)22-16-9-11-17(12-10-16)23(4)15(3)24/h5-12,14,21H,13H2,1-4H3,(H,22,25). The SMILES string of the molecule is CC(=O)N(C)c1ccc(NC(=O)CNc2ccccc2OC(C)C)cc1. The highest BCUT2D eigenvalue weighted by molar-refractivity contribution is 5.95. The van der Waals surface area contributed by atoms with Crippen molar-refractivity contribution in [1.29, 1.82) is 0 Å². The van der Waals surface area contributed by atoms with E-state index in [0.29, 0.717) is 11.4 Å². The highest BCUT2D eigenvalue weighted by Crippen LogP contribution is 2.24. The van der Waals surface area contributed by atoms with Crippen LogP contribution in [0.4, 0.5) is 17.1 Å². The maximum atomic E-state index is 12.2. The topological polar surface area (TPSA) is 70.7 Å². The van der Waals surface area contributed by atoms with Crippen molar-refractivity contribution in [2.24, 2.45) is 0 Å². The number of ether oxygens (including phenoxy) is 1. The molecule has 0 radical (unpaired) electrons. The lowest BCUT2D eigenvalue weighted by Crippen LogP contribution is -2.23. The predicted octanol–water partition coefficient (Wildman–Crippen LogP) is 3.51. The van der Waals surface area contributed by atoms with Gasteiger partial charge in [0.1, 0.15) is 5.75 Å². The van der Waals surface area contributed by atoms with Gasteiger partial charge in [0.25, 0.3) is 0 Å². The van der Waals surface area contributed by atoms with Crippen LogP contribution in [0.25, 0.3) is 0 Å². The summed E-state index contributed by atoms with van der Waals surface area (Å²) in [5.41, 5.74) is 2.22. The van der Waals surface area contributed by atoms with Crippen LogP contribution in [0, 0.1) is 0 Å². The zero-order valence-electron chi connectivity index (χ0n) is 15.6. The number of hydrogen-bond acceptors (Lipinski definition) is 4. The Morgan fingerprint density at radius 3 is 2.35 bits per heavy atom. The van der Waals surface area contributed by atoms with Gasteiger partial charge < -0.3 is 20.3 Å². The third-order valence-corrected chi connectivity index (χ3v) is 3.70. The van der Waals surface area contributed by atoms with Crippen molar-refractivity contribution in [2.75, 3.05) is 29.1 Å². The number of nitrogens with one attached hydrogen (secondary N) is 2. The average Bonchev–Trinajstić information content (AvgIpc) is 2.60. The minimum Gasteiger partial charge on any atom is -0.489 e. The molecule has 26 heavy (non-hydrogen) atoms. The molecular formula is C20H25N3O3. The third kappa shape index (κ3) is 5.51. The van der Waals surface area contributed by atoms with Crippen molar-refractivity contribution in [3.63, 3.8) is 0 Å². The molecule has 138 valence electrons. The molecule has 0 spiro atoms. The summed E-state index contributed by atoms with van der Waals surface area (Å²) in [4.78, 5) is 25.1. The molecule has 6 heteroatoms. The zero-order valence-corrected chi connectivity index (χ0v) is 15.6. The predicted molar refractivity (Wildman–Crippen MR) is 105 cm³/mol. The van der Waals surface area contributed by atoms with Gasteiger partial charge in [0.05, 0.1) is 18.3 Å². The van der Waals surface area contributed by atoms with E-state index in [-0.39, 0.29) is 24.5 Å². The van der Waals surface area contributed by atoms with Crippen molar-refractivity contribution in [3.05, 3.63) is 48.5 Å². The normalized spacial score (nSPS) is 10.3. The Kier molecular flexibility index (Phi) is 6.60. The summed E-state index contributed by atoms with van der Waals surface area (Å²) < 4.78 is 5.72. The van der Waals surface area contributed by atoms with Crippen LogP contribution in [0.1, 0.15) is 20.8 Å². The first-order valence-electron chi connectivity index (χ1n) is 8.50. The Balaban J connectivity index is 1.92. The zero-order chi connectivity index (χ0) is 19.1. The van der Waals surface area contributed by atoms with Crippen molar-refractivity contribution in [2.45, 2.75) is 26.9 Å². The van der Waals surface area contributed by atoms with Gasteiger partial charge in [-0.25, -0.2) is 0 Å². The Morgan fingerprint density at radius 2 is 1.73 bits per heavy atom. The maximum absolute atomic E-state index is 12.2. The lowest BCUT2D eigenvalue weighted by Gasteiger charge is -2.16. The van der Waals surface area contributed by atoms with E-state index in [1.807, 2.05) is 38.1 Å². The van der Waals surface area contributed by atoms with Gasteiger partial charge in [-0.3, -0.25) is 9.59 Å². The van der Waals surface area contributed by atoms with Crippen molar-refractivity contribution in [3.8, 4) is 5.75 Å². The lowest BCUT2D eigenvalue weighted by molar-refractivity contribution is -0.116. The molecular weight excluding hydrogens is 330 g/mol. The molecule has 2 aromatic rings. The molecule has 0 bridgehead atoms. The Hall–Kier alpha value is -3.02. The first-order chi connectivity index (χ1) is 12.4. The first-order valence-corrected chi connectivity index (χ1v) is 8.50. The van der Waals surface area contributed by atoms with E-state index in [1.54, 1.807) is 36.2 Å². The molecule has 0 saturated carbocycles. The van der Waals surface area contributed by atoms with E-state index in [4.69, 9.17) is 4.74 Å². The number of para-hydroxylation sites is 2. The third-order valence-electron chi connectivity index (χ3n) is 3.70. The molecule has 2 rings (SSSR count). The van der Waals surface area contributed by atoms with E-state index in [1.165, 1.54) is 6.92 Å². The fourth-order valence-corrected chi connectivity index (χ4v) is 2.30. The summed E-state index contributed by atoms with van der Waals surface area (Å²) in [6.45, 7) is 5.53. The van der Waals surface area contributed by atoms with Crippen LogP contribution in [0.2, 0.25) is 0 Å². The second-order valence-electron chi connectivity index (χ2n) is 6.19. The maximum Gasteiger partial charge on any atom is 0.243 e. The number of hydrogen-bond donors (Lipinski definition) is 2. The van der Waals surface area contributed by atoms with Gasteiger partial charge in [-0.2, -0.15) is 0 Å². The number of carbonyl (C=O) groups is 2. The molecule has 0 aliphatic heterocycles. The highest BCUT2D eigenvalue weighted by Gasteiger charge is 2.08. The second kappa shape index (κ2) is 8.89. The molecule has 2 amide bonds. The van der Waals surface area contributed by atoms with Crippen molar-refractivity contribution in [1.82, 2.24) is 0 Å². The molecule has 0 atom stereocenters. The van der Waals surface area contributed by atoms with Crippen LogP contribution in [0.3, 0.4) is 0 Å². The lowest BCUT2D eigenvalue weighted by atomic mass is 10.2. The van der Waals surface area contributed by atoms with E-state index in [9.17, 15) is 9.59 Å². The summed E-state index contributed by atoms with van der Waals surface area (Å²) in [6.07, 6.45) is 0.0541. The smallest absolute Gasteiger partial charge is 0.243 e. The quantitative estimate of drug-likeness (QED) is 0.797. The molecule has 6 nitrogen and oxygen atoms in total. The molecule has 0 fully saturated rings. The van der Waals surface area contributed by atoms with Gasteiger partial charge in [-0.1, -0.05) is 12.1 Å². The van der Waals surface area contributed by atoms with Crippen molar-refractivity contribution >= 4 is 28.9 Å². The van der Waals surface area contributed by atoms with Crippen LogP contribution in [-0.2, 0) is 9.59 Å². The summed E-state index contributed by atoms with van der Waals surface area (Å²) in [5.74, 6) is 0.497. The molecule has 0 saturated heterocycles. The van der Waals surface area contributed by atoms with E-state index < -0.39 is 0 Å². The largest absolute Gasteiger partial charge is 0.489 e. The van der Waals surface area contributed by atoms with Gasteiger partial charge in [0.2, 0.25) is 11.8 Å². The molecule has 0 heterocycles. The number of rotatable bonds is 7. The Bertz CT molecular complexity index is 757. The van der Waals surface area contributed by atoms with Crippen LogP contribution < -0.4 is 20.3 Å². The fourth-order valence-electron chi connectivity index (χ4n) is 2.30. The Morgan fingerprint density at radius 1 is 1.08 bits per heavy atom. The van der Waals surface area contributed by atoms with Crippen molar-refractivity contribution < 1.29 is 14.3 Å². The summed E-state index contributed by atoms with van der Waals surface area (Å²) in [6, 6.07) is 14.6. The van der Waals surface area contributed by atoms with Crippen LogP contribution in [-0.4, -0.2) is 31.5 Å². The Labute approximate surface area is 154 Å². The molecule has 2 N–H and O–H groups in total. The molecule has 0 aromatic heterocycles. The average molecular weight is 355 g/mol. The monoisotopic (exact) mass is 355 g/mol. The minimum atomic E-state index is -0.169.